The number of sulfonamides is 1. The molecule has 5 nitrogen and oxygen atoms in total. The minimum absolute atomic E-state index is 0.0778. The zero-order valence-electron chi connectivity index (χ0n) is 14.2. The van der Waals surface area contributed by atoms with Crippen molar-refractivity contribution in [3.05, 3.63) is 71.5 Å². The van der Waals surface area contributed by atoms with Crippen LogP contribution in [-0.4, -0.2) is 43.4 Å². The van der Waals surface area contributed by atoms with Crippen molar-refractivity contribution in [2.24, 2.45) is 0 Å². The number of carbonyl (C=O) groups is 1. The smallest absolute Gasteiger partial charge is 0.237 e. The number of hydrogen-bond donors (Lipinski definition) is 0. The Morgan fingerprint density at radius 3 is 2.20 bits per heavy atom. The van der Waals surface area contributed by atoms with E-state index in [0.29, 0.717) is 5.56 Å². The first-order valence-electron chi connectivity index (χ1n) is 7.74. The fraction of sp³-hybridized carbons (Fsp3) is 0.278. The highest BCUT2D eigenvalue weighted by Gasteiger charge is 2.22. The number of carbonyl (C=O) groups excluding carboxylic acids is 1. The highest BCUT2D eigenvalue weighted by Crippen LogP contribution is 2.12. The van der Waals surface area contributed by atoms with Gasteiger partial charge in [-0.2, -0.15) is 4.31 Å². The van der Waals surface area contributed by atoms with Gasteiger partial charge in [0.05, 0.1) is 12.8 Å². The van der Waals surface area contributed by atoms with Crippen LogP contribution in [-0.2, 0) is 27.9 Å². The largest absolute Gasteiger partial charge is 0.340 e. The molecular formula is C18H21FN2O3S. The van der Waals surface area contributed by atoms with Crippen molar-refractivity contribution in [3.63, 3.8) is 0 Å². The molecule has 134 valence electrons. The lowest BCUT2D eigenvalue weighted by atomic mass is 10.2. The second-order valence-electron chi connectivity index (χ2n) is 5.86. The Bertz CT molecular complexity index is 825. The molecule has 0 heterocycles. The molecule has 0 saturated heterocycles. The van der Waals surface area contributed by atoms with Gasteiger partial charge in [0.2, 0.25) is 15.9 Å². The molecule has 0 fully saturated rings. The van der Waals surface area contributed by atoms with Gasteiger partial charge in [0.15, 0.2) is 0 Å². The summed E-state index contributed by atoms with van der Waals surface area (Å²) >= 11 is 0. The monoisotopic (exact) mass is 364 g/mol. The van der Waals surface area contributed by atoms with Crippen LogP contribution >= 0.6 is 0 Å². The molecule has 0 aliphatic heterocycles. The molecule has 0 radical (unpaired) electrons. The number of amides is 1. The van der Waals surface area contributed by atoms with E-state index >= 15 is 0 Å². The molecule has 7 heteroatoms. The lowest BCUT2D eigenvalue weighted by Crippen LogP contribution is -2.40. The summed E-state index contributed by atoms with van der Waals surface area (Å²) in [5.74, 6) is -0.795. The van der Waals surface area contributed by atoms with Crippen LogP contribution in [0, 0.1) is 5.82 Å². The van der Waals surface area contributed by atoms with Gasteiger partial charge in [-0.25, -0.2) is 12.8 Å². The molecular weight excluding hydrogens is 343 g/mol. The second-order valence-corrected chi connectivity index (χ2v) is 7.84. The van der Waals surface area contributed by atoms with Gasteiger partial charge in [-0.15, -0.1) is 0 Å². The maximum Gasteiger partial charge on any atom is 0.237 e. The standard InChI is InChI=1S/C18H21FN2O3S/c1-20(13-16-10-6-7-11-17(16)19)18(22)14-21(25(2,23)24)12-15-8-4-3-5-9-15/h3-11H,12-14H2,1-2H3. The summed E-state index contributed by atoms with van der Waals surface area (Å²) in [5.41, 5.74) is 1.17. The number of benzene rings is 2. The lowest BCUT2D eigenvalue weighted by Gasteiger charge is -2.24. The molecule has 0 atom stereocenters. The summed E-state index contributed by atoms with van der Waals surface area (Å²) in [6, 6.07) is 15.2. The van der Waals surface area contributed by atoms with Crippen LogP contribution in [0.1, 0.15) is 11.1 Å². The Hall–Kier alpha value is -2.25. The molecule has 0 aliphatic rings. The third-order valence-electron chi connectivity index (χ3n) is 3.77. The van der Waals surface area contributed by atoms with Gasteiger partial charge >= 0.3 is 0 Å². The topological polar surface area (TPSA) is 57.7 Å². The van der Waals surface area contributed by atoms with E-state index in [1.165, 1.54) is 18.0 Å². The van der Waals surface area contributed by atoms with E-state index in [-0.39, 0.29) is 19.6 Å². The SMILES string of the molecule is CN(Cc1ccccc1F)C(=O)CN(Cc1ccccc1)S(C)(=O)=O. The number of nitrogens with zero attached hydrogens (tertiary/aromatic N) is 2. The maximum absolute atomic E-state index is 13.7. The molecule has 2 rings (SSSR count). The molecule has 0 aromatic heterocycles. The highest BCUT2D eigenvalue weighted by atomic mass is 32.2. The normalized spacial score (nSPS) is 11.5. The first kappa shape index (κ1) is 19.1. The van der Waals surface area contributed by atoms with Crippen LogP contribution in [0.5, 0.6) is 0 Å². The van der Waals surface area contributed by atoms with Crippen molar-refractivity contribution in [2.75, 3.05) is 19.8 Å². The van der Waals surface area contributed by atoms with Crippen LogP contribution in [0.25, 0.3) is 0 Å². The molecule has 2 aromatic rings. The van der Waals surface area contributed by atoms with E-state index in [9.17, 15) is 17.6 Å². The molecule has 0 N–H and O–H groups in total. The average Bonchev–Trinajstić information content (AvgIpc) is 2.56. The number of hydrogen-bond acceptors (Lipinski definition) is 3. The van der Waals surface area contributed by atoms with Gasteiger partial charge in [0.25, 0.3) is 0 Å². The molecule has 0 saturated carbocycles. The van der Waals surface area contributed by atoms with Crippen molar-refractivity contribution < 1.29 is 17.6 Å². The Morgan fingerprint density at radius 1 is 1.00 bits per heavy atom. The Kier molecular flexibility index (Phi) is 6.27. The lowest BCUT2D eigenvalue weighted by molar-refractivity contribution is -0.130. The first-order chi connectivity index (χ1) is 11.8. The van der Waals surface area contributed by atoms with E-state index in [1.54, 1.807) is 30.3 Å². The van der Waals surface area contributed by atoms with Crippen LogP contribution in [0.4, 0.5) is 4.39 Å². The van der Waals surface area contributed by atoms with E-state index in [1.807, 2.05) is 18.2 Å². The third kappa shape index (κ3) is 5.65. The predicted octanol–water partition coefficient (Wildman–Crippen LogP) is 2.25. The molecule has 0 aliphatic carbocycles. The first-order valence-corrected chi connectivity index (χ1v) is 9.58. The van der Waals surface area contributed by atoms with Crippen LogP contribution in [0.2, 0.25) is 0 Å². The molecule has 2 aromatic carbocycles. The van der Waals surface area contributed by atoms with E-state index < -0.39 is 21.7 Å². The van der Waals surface area contributed by atoms with Gasteiger partial charge in [-0.3, -0.25) is 4.79 Å². The molecule has 0 spiro atoms. The maximum atomic E-state index is 13.7. The van der Waals surface area contributed by atoms with Gasteiger partial charge in [0.1, 0.15) is 5.82 Å². The van der Waals surface area contributed by atoms with Crippen molar-refractivity contribution in [3.8, 4) is 0 Å². The summed E-state index contributed by atoms with van der Waals surface area (Å²) in [7, 11) is -2.04. The molecule has 0 unspecified atom stereocenters. The van der Waals surface area contributed by atoms with Gasteiger partial charge in [-0.1, -0.05) is 48.5 Å². The summed E-state index contributed by atoms with van der Waals surface area (Å²) in [6.07, 6.45) is 1.07. The fourth-order valence-corrected chi connectivity index (χ4v) is 3.05. The average molecular weight is 364 g/mol. The zero-order valence-corrected chi connectivity index (χ0v) is 15.0. The quantitative estimate of drug-likeness (QED) is 0.757. The number of halogens is 1. The minimum atomic E-state index is -3.56. The molecule has 0 bridgehead atoms. The van der Waals surface area contributed by atoms with Crippen LogP contribution < -0.4 is 0 Å². The summed E-state index contributed by atoms with van der Waals surface area (Å²) in [5, 5.41) is 0. The van der Waals surface area contributed by atoms with E-state index in [0.717, 1.165) is 16.1 Å². The van der Waals surface area contributed by atoms with Gasteiger partial charge in [-0.05, 0) is 11.6 Å². The van der Waals surface area contributed by atoms with Gasteiger partial charge in [0, 0.05) is 25.7 Å². The van der Waals surface area contributed by atoms with Crippen LogP contribution in [0.3, 0.4) is 0 Å². The van der Waals surface area contributed by atoms with Crippen LogP contribution in [0.15, 0.2) is 54.6 Å². The third-order valence-corrected chi connectivity index (χ3v) is 4.97. The Labute approximate surface area is 147 Å². The summed E-state index contributed by atoms with van der Waals surface area (Å²) < 4.78 is 38.8. The predicted molar refractivity (Wildman–Crippen MR) is 94.6 cm³/mol. The van der Waals surface area contributed by atoms with Crippen molar-refractivity contribution in [1.29, 1.82) is 0 Å². The summed E-state index contributed by atoms with van der Waals surface area (Å²) in [6.45, 7) is -0.105. The summed E-state index contributed by atoms with van der Waals surface area (Å²) in [4.78, 5) is 13.7. The molecule has 25 heavy (non-hydrogen) atoms. The van der Waals surface area contributed by atoms with Crippen molar-refractivity contribution in [2.45, 2.75) is 13.1 Å². The number of likely N-dealkylation sites (N-methyl/N-ethyl adjacent to an activating group) is 1. The van der Waals surface area contributed by atoms with Crippen molar-refractivity contribution >= 4 is 15.9 Å². The van der Waals surface area contributed by atoms with E-state index in [2.05, 4.69) is 0 Å². The zero-order chi connectivity index (χ0) is 18.4. The minimum Gasteiger partial charge on any atom is -0.340 e. The Morgan fingerprint density at radius 2 is 1.60 bits per heavy atom. The van der Waals surface area contributed by atoms with E-state index in [4.69, 9.17) is 0 Å². The Balaban J connectivity index is 2.07. The van der Waals surface area contributed by atoms with Gasteiger partial charge < -0.3 is 4.90 Å². The second kappa shape index (κ2) is 8.22. The fourth-order valence-electron chi connectivity index (χ4n) is 2.32. The number of rotatable bonds is 7. The van der Waals surface area contributed by atoms with Crippen molar-refractivity contribution in [1.82, 2.24) is 9.21 Å². The highest BCUT2D eigenvalue weighted by molar-refractivity contribution is 7.88. The molecule has 1 amide bonds.